The molecule has 122 valence electrons. The van der Waals surface area contributed by atoms with E-state index in [1.165, 1.54) is 18.2 Å². The van der Waals surface area contributed by atoms with Gasteiger partial charge in [-0.2, -0.15) is 0 Å². The van der Waals surface area contributed by atoms with Crippen molar-refractivity contribution >= 4 is 11.9 Å². The summed E-state index contributed by atoms with van der Waals surface area (Å²) in [6.45, 7) is 5.97. The number of hydrogen-bond donors (Lipinski definition) is 0. The van der Waals surface area contributed by atoms with Crippen LogP contribution in [0.1, 0.15) is 46.5 Å². The minimum Gasteiger partial charge on any atom is -0.463 e. The molecule has 4 nitrogen and oxygen atoms in total. The molecule has 0 amide bonds. The monoisotopic (exact) mass is 310 g/mol. The highest BCUT2D eigenvalue weighted by molar-refractivity contribution is 5.74. The molecule has 0 fully saturated rings. The van der Waals surface area contributed by atoms with Crippen LogP contribution in [0.3, 0.4) is 0 Å². The third-order valence-electron chi connectivity index (χ3n) is 2.96. The van der Waals surface area contributed by atoms with Crippen LogP contribution in [0.5, 0.6) is 5.75 Å². The smallest absolute Gasteiger partial charge is 0.311 e. The zero-order valence-electron chi connectivity index (χ0n) is 13.3. The Morgan fingerprint density at radius 1 is 1.09 bits per heavy atom. The van der Waals surface area contributed by atoms with Gasteiger partial charge in [-0.15, -0.1) is 0 Å². The number of benzene rings is 1. The van der Waals surface area contributed by atoms with Crippen molar-refractivity contribution in [2.24, 2.45) is 5.92 Å². The third kappa shape index (κ3) is 7.20. The standard InChI is InChI=1S/C17H23FO4/c1-12(2)11-13(3)21-16(19)9-6-10-17(20)22-15-8-5-4-7-14(15)18/h4-5,7-8,12-13H,6,9-11H2,1-3H3. The molecule has 0 saturated carbocycles. The first-order chi connectivity index (χ1) is 10.4. The van der Waals surface area contributed by atoms with Crippen molar-refractivity contribution in [2.45, 2.75) is 52.6 Å². The van der Waals surface area contributed by atoms with Gasteiger partial charge < -0.3 is 9.47 Å². The zero-order valence-corrected chi connectivity index (χ0v) is 13.3. The molecule has 22 heavy (non-hydrogen) atoms. The predicted octanol–water partition coefficient (Wildman–Crippen LogP) is 3.88. The summed E-state index contributed by atoms with van der Waals surface area (Å²) in [5.74, 6) is -1.11. The number of halogens is 1. The second kappa shape index (κ2) is 9.18. The Kier molecular flexibility index (Phi) is 7.57. The first kappa shape index (κ1) is 18.1. The van der Waals surface area contributed by atoms with Crippen LogP contribution in [0.15, 0.2) is 24.3 Å². The number of hydrogen-bond acceptors (Lipinski definition) is 4. The summed E-state index contributed by atoms with van der Waals surface area (Å²) in [5.41, 5.74) is 0. The summed E-state index contributed by atoms with van der Waals surface area (Å²) in [5, 5.41) is 0. The molecule has 5 heteroatoms. The van der Waals surface area contributed by atoms with Crippen LogP contribution in [0.4, 0.5) is 4.39 Å². The number of carbonyl (C=O) groups excluding carboxylic acids is 2. The normalized spacial score (nSPS) is 12.0. The van der Waals surface area contributed by atoms with Gasteiger partial charge in [0.25, 0.3) is 0 Å². The predicted molar refractivity (Wildman–Crippen MR) is 80.9 cm³/mol. The number of para-hydroxylation sites is 1. The maximum Gasteiger partial charge on any atom is 0.311 e. The Hall–Kier alpha value is -1.91. The van der Waals surface area contributed by atoms with Gasteiger partial charge in [0.15, 0.2) is 11.6 Å². The van der Waals surface area contributed by atoms with Gasteiger partial charge in [-0.25, -0.2) is 4.39 Å². The van der Waals surface area contributed by atoms with Gasteiger partial charge in [0.05, 0.1) is 6.10 Å². The third-order valence-corrected chi connectivity index (χ3v) is 2.96. The summed E-state index contributed by atoms with van der Waals surface area (Å²) in [6.07, 6.45) is 1.19. The van der Waals surface area contributed by atoms with Crippen molar-refractivity contribution in [3.63, 3.8) is 0 Å². The molecule has 1 aromatic rings. The highest BCUT2D eigenvalue weighted by Gasteiger charge is 2.13. The molecule has 0 bridgehead atoms. The lowest BCUT2D eigenvalue weighted by Gasteiger charge is -2.15. The molecule has 0 aliphatic rings. The van der Waals surface area contributed by atoms with Crippen molar-refractivity contribution in [1.82, 2.24) is 0 Å². The lowest BCUT2D eigenvalue weighted by molar-refractivity contribution is -0.149. The van der Waals surface area contributed by atoms with Crippen LogP contribution >= 0.6 is 0 Å². The highest BCUT2D eigenvalue weighted by Crippen LogP contribution is 2.16. The maximum absolute atomic E-state index is 13.3. The van der Waals surface area contributed by atoms with Crippen molar-refractivity contribution in [2.75, 3.05) is 0 Å². The Balaban J connectivity index is 2.25. The summed E-state index contributed by atoms with van der Waals surface area (Å²) < 4.78 is 23.4. The van der Waals surface area contributed by atoms with Gasteiger partial charge in [-0.1, -0.05) is 26.0 Å². The average molecular weight is 310 g/mol. The SMILES string of the molecule is CC(C)CC(C)OC(=O)CCCC(=O)Oc1ccccc1F. The molecule has 1 unspecified atom stereocenters. The van der Waals surface area contributed by atoms with E-state index in [0.717, 1.165) is 6.42 Å². The Morgan fingerprint density at radius 2 is 1.73 bits per heavy atom. The van der Waals surface area contributed by atoms with Crippen LogP contribution < -0.4 is 4.74 Å². The van der Waals surface area contributed by atoms with Crippen LogP contribution in [0, 0.1) is 11.7 Å². The van der Waals surface area contributed by atoms with E-state index in [9.17, 15) is 14.0 Å². The van der Waals surface area contributed by atoms with Gasteiger partial charge in [0, 0.05) is 12.8 Å². The molecule has 0 radical (unpaired) electrons. The molecular weight excluding hydrogens is 287 g/mol. The molecule has 0 heterocycles. The van der Waals surface area contributed by atoms with Crippen molar-refractivity contribution in [1.29, 1.82) is 0 Å². The average Bonchev–Trinajstić information content (AvgIpc) is 2.40. The van der Waals surface area contributed by atoms with Gasteiger partial charge in [-0.3, -0.25) is 9.59 Å². The first-order valence-corrected chi connectivity index (χ1v) is 7.53. The fourth-order valence-corrected chi connectivity index (χ4v) is 2.07. The van der Waals surface area contributed by atoms with Crippen molar-refractivity contribution in [3.05, 3.63) is 30.1 Å². The van der Waals surface area contributed by atoms with Gasteiger partial charge in [0.2, 0.25) is 0 Å². The fraction of sp³-hybridized carbons (Fsp3) is 0.529. The lowest BCUT2D eigenvalue weighted by atomic mass is 10.1. The van der Waals surface area contributed by atoms with E-state index in [1.54, 1.807) is 6.07 Å². The minimum atomic E-state index is -0.585. The molecule has 0 saturated heterocycles. The van der Waals surface area contributed by atoms with E-state index in [2.05, 4.69) is 13.8 Å². The number of esters is 2. The maximum atomic E-state index is 13.3. The van der Waals surface area contributed by atoms with Crippen LogP contribution in [-0.4, -0.2) is 18.0 Å². The second-order valence-corrected chi connectivity index (χ2v) is 5.69. The summed E-state index contributed by atoms with van der Waals surface area (Å²) >= 11 is 0. The molecule has 0 N–H and O–H groups in total. The second-order valence-electron chi connectivity index (χ2n) is 5.69. The van der Waals surface area contributed by atoms with Crippen LogP contribution in [-0.2, 0) is 14.3 Å². The molecule has 1 aromatic carbocycles. The Labute approximate surface area is 130 Å². The van der Waals surface area contributed by atoms with E-state index in [0.29, 0.717) is 12.3 Å². The van der Waals surface area contributed by atoms with E-state index < -0.39 is 11.8 Å². The molecule has 0 aliphatic carbocycles. The van der Waals surface area contributed by atoms with E-state index in [4.69, 9.17) is 9.47 Å². The van der Waals surface area contributed by atoms with E-state index in [-0.39, 0.29) is 30.7 Å². The molecule has 0 aliphatic heterocycles. The number of carbonyl (C=O) groups is 2. The Bertz CT molecular complexity index is 499. The minimum absolute atomic E-state index is 0.0436. The largest absolute Gasteiger partial charge is 0.463 e. The first-order valence-electron chi connectivity index (χ1n) is 7.53. The number of rotatable bonds is 8. The van der Waals surface area contributed by atoms with E-state index >= 15 is 0 Å². The molecule has 0 spiro atoms. The Morgan fingerprint density at radius 3 is 2.36 bits per heavy atom. The van der Waals surface area contributed by atoms with Crippen molar-refractivity contribution < 1.29 is 23.5 Å². The summed E-state index contributed by atoms with van der Waals surface area (Å²) in [6, 6.07) is 5.70. The van der Waals surface area contributed by atoms with Crippen LogP contribution in [0.25, 0.3) is 0 Å². The zero-order chi connectivity index (χ0) is 16.5. The molecular formula is C17H23FO4. The summed E-state index contributed by atoms with van der Waals surface area (Å²) in [7, 11) is 0. The highest BCUT2D eigenvalue weighted by atomic mass is 19.1. The van der Waals surface area contributed by atoms with Gasteiger partial charge >= 0.3 is 11.9 Å². The topological polar surface area (TPSA) is 52.6 Å². The summed E-state index contributed by atoms with van der Waals surface area (Å²) in [4.78, 5) is 23.2. The van der Waals surface area contributed by atoms with Crippen LogP contribution in [0.2, 0.25) is 0 Å². The quantitative estimate of drug-likeness (QED) is 0.540. The fourth-order valence-electron chi connectivity index (χ4n) is 2.07. The van der Waals surface area contributed by atoms with Crippen molar-refractivity contribution in [3.8, 4) is 5.75 Å². The molecule has 1 atom stereocenters. The molecule has 1 rings (SSSR count). The lowest BCUT2D eigenvalue weighted by Crippen LogP contribution is -2.17. The van der Waals surface area contributed by atoms with Gasteiger partial charge in [-0.05, 0) is 37.8 Å². The number of ether oxygens (including phenoxy) is 2. The molecule has 0 aromatic heterocycles. The van der Waals surface area contributed by atoms with E-state index in [1.807, 2.05) is 6.92 Å². The van der Waals surface area contributed by atoms with Gasteiger partial charge in [0.1, 0.15) is 0 Å².